The zero-order valence-corrected chi connectivity index (χ0v) is 10.1. The highest BCUT2D eigenvalue weighted by molar-refractivity contribution is 7.80. The first-order chi connectivity index (χ1) is 7.06. The maximum atomic E-state index is 11.5. The zero-order valence-electron chi connectivity index (χ0n) is 9.32. The van der Waals surface area contributed by atoms with Crippen molar-refractivity contribution in [1.29, 1.82) is 0 Å². The van der Waals surface area contributed by atoms with Crippen molar-refractivity contribution < 1.29 is 4.79 Å². The van der Waals surface area contributed by atoms with E-state index in [1.54, 1.807) is 7.05 Å². The van der Waals surface area contributed by atoms with Crippen LogP contribution in [0.4, 0.5) is 0 Å². The molecule has 15 heavy (non-hydrogen) atoms. The molecular formula is C10H19N3OS. The van der Waals surface area contributed by atoms with Gasteiger partial charge in [0.1, 0.15) is 0 Å². The summed E-state index contributed by atoms with van der Waals surface area (Å²) >= 11 is 4.97. The number of likely N-dealkylation sites (tertiary alicyclic amines) is 1. The minimum absolute atomic E-state index is 0.0838. The number of nitrogens with one attached hydrogen (secondary N) is 1. The molecular weight excluding hydrogens is 210 g/mol. The number of carbonyl (C=O) groups excluding carboxylic acids is 1. The first kappa shape index (κ1) is 12.4. The molecule has 0 radical (unpaired) electrons. The summed E-state index contributed by atoms with van der Waals surface area (Å²) in [6.45, 7) is 3.73. The summed E-state index contributed by atoms with van der Waals surface area (Å²) in [5.74, 6) is 0.204. The monoisotopic (exact) mass is 229 g/mol. The lowest BCUT2D eigenvalue weighted by Gasteiger charge is -2.35. The number of nitrogens with zero attached hydrogens (tertiary/aromatic N) is 1. The van der Waals surface area contributed by atoms with Crippen molar-refractivity contribution in [1.82, 2.24) is 10.2 Å². The van der Waals surface area contributed by atoms with Gasteiger partial charge in [0.25, 0.3) is 0 Å². The number of piperidine rings is 1. The fourth-order valence-corrected chi connectivity index (χ4v) is 2.11. The van der Waals surface area contributed by atoms with Crippen LogP contribution in [0.3, 0.4) is 0 Å². The molecule has 0 aromatic rings. The van der Waals surface area contributed by atoms with Crippen molar-refractivity contribution in [2.45, 2.75) is 25.8 Å². The van der Waals surface area contributed by atoms with E-state index in [-0.39, 0.29) is 17.9 Å². The molecule has 3 N–H and O–H groups in total. The van der Waals surface area contributed by atoms with Gasteiger partial charge in [-0.3, -0.25) is 9.69 Å². The molecule has 1 saturated heterocycles. The van der Waals surface area contributed by atoms with Gasteiger partial charge in [0, 0.05) is 13.6 Å². The van der Waals surface area contributed by atoms with Gasteiger partial charge in [-0.2, -0.15) is 0 Å². The predicted molar refractivity (Wildman–Crippen MR) is 64.6 cm³/mol. The molecule has 1 amide bonds. The molecule has 0 aromatic carbocycles. The summed E-state index contributed by atoms with van der Waals surface area (Å²) in [6.07, 6.45) is 1.99. The number of carbonyl (C=O) groups is 1. The molecule has 0 aliphatic carbocycles. The van der Waals surface area contributed by atoms with Crippen LogP contribution in [-0.4, -0.2) is 42.0 Å². The van der Waals surface area contributed by atoms with Gasteiger partial charge in [0.2, 0.25) is 5.91 Å². The second-order valence-corrected chi connectivity index (χ2v) is 4.50. The molecule has 1 fully saturated rings. The molecule has 0 bridgehead atoms. The smallest absolute Gasteiger partial charge is 0.224 e. The number of thiocarbonyl (C=S) groups is 1. The summed E-state index contributed by atoms with van der Waals surface area (Å²) < 4.78 is 0. The molecule has 1 heterocycles. The van der Waals surface area contributed by atoms with E-state index in [1.807, 2.05) is 6.92 Å². The average Bonchev–Trinajstić information content (AvgIpc) is 2.27. The molecule has 0 saturated carbocycles. The molecule has 5 heteroatoms. The fourth-order valence-electron chi connectivity index (χ4n) is 1.96. The zero-order chi connectivity index (χ0) is 11.4. The largest absolute Gasteiger partial charge is 0.392 e. The van der Waals surface area contributed by atoms with Gasteiger partial charge in [-0.1, -0.05) is 12.2 Å². The van der Waals surface area contributed by atoms with Crippen LogP contribution in [-0.2, 0) is 4.79 Å². The Balaban J connectivity index is 2.56. The topological polar surface area (TPSA) is 58.4 Å². The Morgan fingerprint density at radius 3 is 2.87 bits per heavy atom. The third kappa shape index (κ3) is 3.14. The molecule has 86 valence electrons. The van der Waals surface area contributed by atoms with Crippen molar-refractivity contribution in [3.63, 3.8) is 0 Å². The Hall–Kier alpha value is -0.680. The van der Waals surface area contributed by atoms with E-state index in [4.69, 9.17) is 18.0 Å². The van der Waals surface area contributed by atoms with Crippen molar-refractivity contribution in [3.05, 3.63) is 0 Å². The molecule has 4 nitrogen and oxygen atoms in total. The molecule has 2 unspecified atom stereocenters. The van der Waals surface area contributed by atoms with E-state index < -0.39 is 0 Å². The van der Waals surface area contributed by atoms with Gasteiger partial charge in [-0.05, 0) is 26.3 Å². The van der Waals surface area contributed by atoms with Crippen LogP contribution >= 0.6 is 12.2 Å². The van der Waals surface area contributed by atoms with Crippen LogP contribution in [0.2, 0.25) is 0 Å². The van der Waals surface area contributed by atoms with Crippen LogP contribution in [0.25, 0.3) is 0 Å². The number of hydrogen-bond donors (Lipinski definition) is 2. The molecule has 0 spiro atoms. The lowest BCUT2D eigenvalue weighted by atomic mass is 9.96. The Labute approximate surface area is 96.2 Å². The lowest BCUT2D eigenvalue weighted by Crippen LogP contribution is -2.49. The minimum Gasteiger partial charge on any atom is -0.392 e. The summed E-state index contributed by atoms with van der Waals surface area (Å²) in [6, 6.07) is 0.0902. The Bertz CT molecular complexity index is 257. The third-order valence-electron chi connectivity index (χ3n) is 3.03. The summed E-state index contributed by atoms with van der Waals surface area (Å²) in [5.41, 5.74) is 5.61. The summed E-state index contributed by atoms with van der Waals surface area (Å²) in [4.78, 5) is 14.2. The number of hydrogen-bond acceptors (Lipinski definition) is 3. The Morgan fingerprint density at radius 2 is 2.33 bits per heavy atom. The maximum absolute atomic E-state index is 11.5. The number of rotatable bonds is 3. The van der Waals surface area contributed by atoms with Crippen molar-refractivity contribution >= 4 is 23.1 Å². The van der Waals surface area contributed by atoms with Gasteiger partial charge in [-0.25, -0.2) is 0 Å². The normalized spacial score (nSPS) is 24.5. The van der Waals surface area contributed by atoms with Gasteiger partial charge in [0.15, 0.2) is 0 Å². The average molecular weight is 229 g/mol. The summed E-state index contributed by atoms with van der Waals surface area (Å²) in [7, 11) is 1.68. The van der Waals surface area contributed by atoms with Crippen LogP contribution in [0, 0.1) is 5.92 Å². The van der Waals surface area contributed by atoms with Crippen LogP contribution < -0.4 is 11.1 Å². The van der Waals surface area contributed by atoms with E-state index >= 15 is 0 Å². The van der Waals surface area contributed by atoms with Gasteiger partial charge >= 0.3 is 0 Å². The number of amides is 1. The van der Waals surface area contributed by atoms with E-state index in [2.05, 4.69) is 10.2 Å². The Morgan fingerprint density at radius 1 is 1.67 bits per heavy atom. The molecule has 1 rings (SSSR count). The highest BCUT2D eigenvalue weighted by Gasteiger charge is 2.28. The first-order valence-electron chi connectivity index (χ1n) is 5.31. The van der Waals surface area contributed by atoms with E-state index in [0.717, 1.165) is 25.9 Å². The van der Waals surface area contributed by atoms with Crippen LogP contribution in [0.15, 0.2) is 0 Å². The summed E-state index contributed by atoms with van der Waals surface area (Å²) in [5, 5.41) is 2.69. The number of nitrogens with two attached hydrogens (primary N) is 1. The minimum atomic E-state index is 0.0838. The standard InChI is InChI=1S/C10H19N3OS/c1-7(9(11)15)13-5-3-4-8(6-13)10(14)12-2/h7-8H,3-6H2,1-2H3,(H2,11,15)(H,12,14). The van der Waals surface area contributed by atoms with E-state index in [9.17, 15) is 4.79 Å². The second-order valence-electron chi connectivity index (χ2n) is 4.03. The van der Waals surface area contributed by atoms with Crippen molar-refractivity contribution in [3.8, 4) is 0 Å². The predicted octanol–water partition coefficient (Wildman–Crippen LogP) is 0.119. The molecule has 2 atom stereocenters. The third-order valence-corrected chi connectivity index (χ3v) is 3.37. The second kappa shape index (κ2) is 5.42. The SMILES string of the molecule is CNC(=O)C1CCCN(C(C)C(N)=S)C1. The van der Waals surface area contributed by atoms with Gasteiger partial charge in [-0.15, -0.1) is 0 Å². The van der Waals surface area contributed by atoms with Crippen LogP contribution in [0.5, 0.6) is 0 Å². The van der Waals surface area contributed by atoms with Gasteiger partial charge < -0.3 is 11.1 Å². The molecule has 1 aliphatic rings. The van der Waals surface area contributed by atoms with E-state index in [1.165, 1.54) is 0 Å². The molecule has 1 aliphatic heterocycles. The van der Waals surface area contributed by atoms with Crippen molar-refractivity contribution in [2.24, 2.45) is 11.7 Å². The Kier molecular flexibility index (Phi) is 4.47. The first-order valence-corrected chi connectivity index (χ1v) is 5.72. The van der Waals surface area contributed by atoms with Gasteiger partial charge in [0.05, 0.1) is 16.9 Å². The maximum Gasteiger partial charge on any atom is 0.224 e. The highest BCUT2D eigenvalue weighted by atomic mass is 32.1. The quantitative estimate of drug-likeness (QED) is 0.675. The van der Waals surface area contributed by atoms with Crippen molar-refractivity contribution in [2.75, 3.05) is 20.1 Å². The fraction of sp³-hybridized carbons (Fsp3) is 0.800. The lowest BCUT2D eigenvalue weighted by molar-refractivity contribution is -0.126. The van der Waals surface area contributed by atoms with E-state index in [0.29, 0.717) is 4.99 Å². The molecule has 0 aromatic heterocycles. The van der Waals surface area contributed by atoms with Crippen LogP contribution in [0.1, 0.15) is 19.8 Å². The highest BCUT2D eigenvalue weighted by Crippen LogP contribution is 2.18.